The molecule has 1 atom stereocenters. The number of nitrogens with zero attached hydrogens (tertiary/aromatic N) is 1. The minimum Gasteiger partial charge on any atom is -0.323 e. The minimum atomic E-state index is 0.0219. The molecule has 0 bridgehead atoms. The van der Waals surface area contributed by atoms with Crippen LogP contribution in [0.25, 0.3) is 0 Å². The van der Waals surface area contributed by atoms with Crippen LogP contribution in [0.3, 0.4) is 0 Å². The van der Waals surface area contributed by atoms with Crippen molar-refractivity contribution in [1.29, 1.82) is 0 Å². The molecule has 0 saturated heterocycles. The molecule has 1 rings (SSSR count). The van der Waals surface area contributed by atoms with E-state index in [0.717, 1.165) is 12.2 Å². The lowest BCUT2D eigenvalue weighted by atomic mass is 10.2. The Kier molecular flexibility index (Phi) is 3.19. The molecule has 3 nitrogen and oxygen atoms in total. The smallest absolute Gasteiger partial charge is 0.0568 e. The molecule has 1 aromatic rings. The van der Waals surface area contributed by atoms with Gasteiger partial charge in [0.05, 0.1) is 5.69 Å². The normalized spacial score (nSPS) is 12.9. The highest BCUT2D eigenvalue weighted by atomic mass is 14.8. The van der Waals surface area contributed by atoms with Crippen molar-refractivity contribution < 1.29 is 0 Å². The first kappa shape index (κ1) is 9.16. The summed E-state index contributed by atoms with van der Waals surface area (Å²) in [5.41, 5.74) is 7.78. The average Bonchev–Trinajstić information content (AvgIpc) is 2.06. The van der Waals surface area contributed by atoms with Crippen LogP contribution in [0, 0.1) is 0 Å². The van der Waals surface area contributed by atoms with E-state index in [1.165, 1.54) is 5.56 Å². The summed E-state index contributed by atoms with van der Waals surface area (Å²) >= 11 is 0. The average molecular weight is 165 g/mol. The van der Waals surface area contributed by atoms with E-state index in [9.17, 15) is 0 Å². The minimum absolute atomic E-state index is 0.0219. The van der Waals surface area contributed by atoms with Gasteiger partial charge in [-0.15, -0.1) is 0 Å². The maximum absolute atomic E-state index is 5.66. The summed E-state index contributed by atoms with van der Waals surface area (Å²) in [6, 6.07) is 4.04. The van der Waals surface area contributed by atoms with Gasteiger partial charge in [-0.1, -0.05) is 6.07 Å². The van der Waals surface area contributed by atoms with Crippen molar-refractivity contribution in [3.8, 4) is 0 Å². The SMILES string of the molecule is CNCc1ccc(C(C)N)nc1. The molecule has 0 fully saturated rings. The largest absolute Gasteiger partial charge is 0.323 e. The fourth-order valence-corrected chi connectivity index (χ4v) is 1.01. The van der Waals surface area contributed by atoms with Crippen LogP contribution < -0.4 is 11.1 Å². The Bertz CT molecular complexity index is 228. The Morgan fingerprint density at radius 3 is 2.75 bits per heavy atom. The van der Waals surface area contributed by atoms with Crippen molar-refractivity contribution in [2.75, 3.05) is 7.05 Å². The van der Waals surface area contributed by atoms with Crippen molar-refractivity contribution >= 4 is 0 Å². The molecule has 3 heteroatoms. The van der Waals surface area contributed by atoms with Crippen LogP contribution in [0.4, 0.5) is 0 Å². The van der Waals surface area contributed by atoms with Crippen molar-refractivity contribution in [1.82, 2.24) is 10.3 Å². The second-order valence-electron chi connectivity index (χ2n) is 2.91. The second kappa shape index (κ2) is 4.18. The van der Waals surface area contributed by atoms with Gasteiger partial charge < -0.3 is 11.1 Å². The van der Waals surface area contributed by atoms with Crippen LogP contribution in [0.1, 0.15) is 24.2 Å². The molecule has 1 unspecified atom stereocenters. The first-order chi connectivity index (χ1) is 5.74. The molecule has 0 saturated carbocycles. The third-order valence-electron chi connectivity index (χ3n) is 1.70. The molecule has 12 heavy (non-hydrogen) atoms. The van der Waals surface area contributed by atoms with Crippen LogP contribution >= 0.6 is 0 Å². The van der Waals surface area contributed by atoms with Gasteiger partial charge in [-0.2, -0.15) is 0 Å². The first-order valence-corrected chi connectivity index (χ1v) is 4.09. The lowest BCUT2D eigenvalue weighted by molar-refractivity contribution is 0.767. The molecule has 0 radical (unpaired) electrons. The van der Waals surface area contributed by atoms with E-state index in [4.69, 9.17) is 5.73 Å². The van der Waals surface area contributed by atoms with Gasteiger partial charge in [0.25, 0.3) is 0 Å². The van der Waals surface area contributed by atoms with Gasteiger partial charge in [0.1, 0.15) is 0 Å². The number of pyridine rings is 1. The maximum Gasteiger partial charge on any atom is 0.0568 e. The van der Waals surface area contributed by atoms with Crippen molar-refractivity contribution in [3.63, 3.8) is 0 Å². The number of nitrogens with two attached hydrogens (primary N) is 1. The van der Waals surface area contributed by atoms with E-state index in [1.807, 2.05) is 32.3 Å². The molecule has 0 aliphatic carbocycles. The van der Waals surface area contributed by atoms with E-state index in [0.29, 0.717) is 0 Å². The third-order valence-corrected chi connectivity index (χ3v) is 1.70. The van der Waals surface area contributed by atoms with Gasteiger partial charge in [0.2, 0.25) is 0 Å². The van der Waals surface area contributed by atoms with Gasteiger partial charge in [-0.05, 0) is 25.6 Å². The van der Waals surface area contributed by atoms with E-state index in [1.54, 1.807) is 0 Å². The number of nitrogens with one attached hydrogen (secondary N) is 1. The molecule has 1 aromatic heterocycles. The fourth-order valence-electron chi connectivity index (χ4n) is 1.01. The zero-order valence-electron chi connectivity index (χ0n) is 7.54. The third kappa shape index (κ3) is 2.29. The van der Waals surface area contributed by atoms with E-state index >= 15 is 0 Å². The van der Waals surface area contributed by atoms with Crippen LogP contribution in [-0.2, 0) is 6.54 Å². The number of rotatable bonds is 3. The van der Waals surface area contributed by atoms with E-state index in [-0.39, 0.29) is 6.04 Å². The van der Waals surface area contributed by atoms with Crippen LogP contribution in [-0.4, -0.2) is 12.0 Å². The summed E-state index contributed by atoms with van der Waals surface area (Å²) in [5, 5.41) is 3.06. The van der Waals surface area contributed by atoms with Gasteiger partial charge in [0, 0.05) is 18.8 Å². The highest BCUT2D eigenvalue weighted by molar-refractivity contribution is 5.15. The molecule has 0 aliphatic rings. The number of aromatic nitrogens is 1. The van der Waals surface area contributed by atoms with Gasteiger partial charge in [0.15, 0.2) is 0 Å². The van der Waals surface area contributed by atoms with Gasteiger partial charge in [-0.3, -0.25) is 4.98 Å². The first-order valence-electron chi connectivity index (χ1n) is 4.09. The lowest BCUT2D eigenvalue weighted by Crippen LogP contribution is -2.09. The summed E-state index contributed by atoms with van der Waals surface area (Å²) < 4.78 is 0. The Morgan fingerprint density at radius 2 is 2.33 bits per heavy atom. The van der Waals surface area contributed by atoms with Gasteiger partial charge in [-0.25, -0.2) is 0 Å². The standard InChI is InChI=1S/C9H15N3/c1-7(10)9-4-3-8(5-11-2)6-12-9/h3-4,6-7,11H,5,10H2,1-2H3. The van der Waals surface area contributed by atoms with Crippen LogP contribution in [0.15, 0.2) is 18.3 Å². The van der Waals surface area contributed by atoms with Crippen molar-refractivity contribution in [2.24, 2.45) is 5.73 Å². The predicted octanol–water partition coefficient (Wildman–Crippen LogP) is 0.821. The monoisotopic (exact) mass is 165 g/mol. The molecule has 3 N–H and O–H groups in total. The summed E-state index contributed by atoms with van der Waals surface area (Å²) in [5.74, 6) is 0. The molecule has 0 spiro atoms. The molecular weight excluding hydrogens is 150 g/mol. The molecule has 66 valence electrons. The van der Waals surface area contributed by atoms with E-state index in [2.05, 4.69) is 10.3 Å². The van der Waals surface area contributed by atoms with Crippen LogP contribution in [0.5, 0.6) is 0 Å². The maximum atomic E-state index is 5.66. The molecule has 1 heterocycles. The zero-order chi connectivity index (χ0) is 8.97. The zero-order valence-corrected chi connectivity index (χ0v) is 7.54. The topological polar surface area (TPSA) is 50.9 Å². The fraction of sp³-hybridized carbons (Fsp3) is 0.444. The Balaban J connectivity index is 2.71. The molecule has 0 aromatic carbocycles. The van der Waals surface area contributed by atoms with Crippen molar-refractivity contribution in [2.45, 2.75) is 19.5 Å². The molecule has 0 aliphatic heterocycles. The lowest BCUT2D eigenvalue weighted by Gasteiger charge is -2.05. The van der Waals surface area contributed by atoms with Gasteiger partial charge >= 0.3 is 0 Å². The summed E-state index contributed by atoms with van der Waals surface area (Å²) in [6.07, 6.45) is 1.86. The highest BCUT2D eigenvalue weighted by Gasteiger charge is 1.99. The van der Waals surface area contributed by atoms with Crippen LogP contribution in [0.2, 0.25) is 0 Å². The Morgan fingerprint density at radius 1 is 1.58 bits per heavy atom. The summed E-state index contributed by atoms with van der Waals surface area (Å²) in [6.45, 7) is 2.78. The van der Waals surface area contributed by atoms with Crippen molar-refractivity contribution in [3.05, 3.63) is 29.6 Å². The highest BCUT2D eigenvalue weighted by Crippen LogP contribution is 2.06. The predicted molar refractivity (Wildman–Crippen MR) is 49.6 cm³/mol. The summed E-state index contributed by atoms with van der Waals surface area (Å²) in [4.78, 5) is 4.23. The summed E-state index contributed by atoms with van der Waals surface area (Å²) in [7, 11) is 1.92. The molecule has 0 amide bonds. The Labute approximate surface area is 73.0 Å². The second-order valence-corrected chi connectivity index (χ2v) is 2.91. The number of hydrogen-bond acceptors (Lipinski definition) is 3. The quantitative estimate of drug-likeness (QED) is 0.697. The Hall–Kier alpha value is -0.930. The van der Waals surface area contributed by atoms with E-state index < -0.39 is 0 Å². The molecular formula is C9H15N3. The number of hydrogen-bond donors (Lipinski definition) is 2.